The van der Waals surface area contributed by atoms with Crippen molar-refractivity contribution in [2.24, 2.45) is 17.6 Å². The number of aromatic hydroxyl groups is 1. The highest BCUT2D eigenvalue weighted by Crippen LogP contribution is 2.66. The molecule has 17 nitrogen and oxygen atoms in total. The summed E-state index contributed by atoms with van der Waals surface area (Å²) in [5.74, 6) is 1.72. The van der Waals surface area contributed by atoms with Gasteiger partial charge in [-0.05, 0) is 88.2 Å². The second-order valence-corrected chi connectivity index (χ2v) is 18.4. The van der Waals surface area contributed by atoms with E-state index in [0.717, 1.165) is 16.0 Å². The lowest BCUT2D eigenvalue weighted by Crippen LogP contribution is -2.58. The molecule has 2 fully saturated rings. The minimum Gasteiger partial charge on any atom is -0.508 e. The van der Waals surface area contributed by atoms with Gasteiger partial charge in [0.1, 0.15) is 29.4 Å². The number of ether oxygens (including phenoxy) is 4. The van der Waals surface area contributed by atoms with Gasteiger partial charge in [0.2, 0.25) is 11.8 Å². The average Bonchev–Trinajstić information content (AvgIpc) is 3.84. The molecule has 1 spiro atoms. The van der Waals surface area contributed by atoms with E-state index in [4.69, 9.17) is 24.7 Å². The number of phenolic OH excluding ortho intramolecular Hbond substituents is 1. The fourth-order valence-electron chi connectivity index (χ4n) is 11.0. The summed E-state index contributed by atoms with van der Waals surface area (Å²) in [4.78, 5) is 93.2. The SMILES string of the molecule is COC(=O)C(NC(=O)N1C(=O)C2(c3cc(C#CCNC(N)=O)ccc31)C(C(=O)N1CCc3cc(OC)c(OC)cc3C1)C1C(=O)OC(c3ccccc3)C(c3ccccc3)N1C2c1ccc(O)cc1)C(C)C. The molecule has 370 valence electrons. The molecule has 5 aromatic rings. The maximum atomic E-state index is 16.7. The number of phenols is 1. The first kappa shape index (κ1) is 48.7. The normalized spacial score (nSPS) is 22.4. The third-order valence-corrected chi connectivity index (χ3v) is 14.2. The summed E-state index contributed by atoms with van der Waals surface area (Å²) in [6, 6.07) is 26.6. The number of nitrogens with one attached hydrogen (secondary N) is 2. The van der Waals surface area contributed by atoms with Crippen LogP contribution in [-0.2, 0) is 47.0 Å². The number of nitrogens with zero attached hydrogens (tertiary/aromatic N) is 3. The van der Waals surface area contributed by atoms with E-state index in [1.165, 1.54) is 26.4 Å². The molecule has 4 aliphatic heterocycles. The molecule has 0 saturated carbocycles. The van der Waals surface area contributed by atoms with E-state index in [9.17, 15) is 14.7 Å². The summed E-state index contributed by atoms with van der Waals surface area (Å²) >= 11 is 0. The first-order chi connectivity index (χ1) is 34.7. The van der Waals surface area contributed by atoms with E-state index in [0.29, 0.717) is 40.2 Å². The summed E-state index contributed by atoms with van der Waals surface area (Å²) in [6.07, 6.45) is -0.601. The lowest BCUT2D eigenvalue weighted by Gasteiger charge is -2.46. The molecule has 0 aliphatic carbocycles. The van der Waals surface area contributed by atoms with Crippen molar-refractivity contribution in [3.05, 3.63) is 154 Å². The molecule has 0 aromatic heterocycles. The van der Waals surface area contributed by atoms with Gasteiger partial charge in [-0.15, -0.1) is 0 Å². The number of esters is 2. The minimum atomic E-state index is -2.16. The third-order valence-electron chi connectivity index (χ3n) is 14.2. The van der Waals surface area contributed by atoms with E-state index in [1.54, 1.807) is 62.3 Å². The van der Waals surface area contributed by atoms with Crippen molar-refractivity contribution in [1.82, 2.24) is 20.4 Å². The number of hydrogen-bond acceptors (Lipinski definition) is 12. The third kappa shape index (κ3) is 8.36. The van der Waals surface area contributed by atoms with Gasteiger partial charge in [-0.25, -0.2) is 19.3 Å². The molecule has 9 rings (SSSR count). The number of amides is 6. The van der Waals surface area contributed by atoms with Crippen LogP contribution in [0.25, 0.3) is 0 Å². The van der Waals surface area contributed by atoms with Crippen molar-refractivity contribution in [3.8, 4) is 29.1 Å². The smallest absolute Gasteiger partial charge is 0.329 e. The first-order valence-electron chi connectivity index (χ1n) is 23.5. The fraction of sp³-hybridized carbons (Fsp3) is 0.309. The molecular weight excluding hydrogens is 921 g/mol. The standard InChI is InChI=1S/C55H54N6O11/c1-31(2)44(50(64)71-5)58-54(68)60-40-23-18-32(13-12-25-57-53(56)67)27-39(40)55(52(60)66)43(49(63)59-26-24-36-28-41(69-3)42(70-4)29-37(36)30-59)46-51(65)72-47(34-16-10-7-11-17-34)45(33-14-8-6-9-15-33)61(46)48(55)35-19-21-38(62)22-20-35/h6-11,14-23,27-29,31,43-48,62H,24-26,30H2,1-5H3,(H,58,68)(H3,56,57,67). The highest BCUT2D eigenvalue weighted by Gasteiger charge is 2.76. The molecule has 5 aromatic carbocycles. The summed E-state index contributed by atoms with van der Waals surface area (Å²) in [6.45, 7) is 3.54. The van der Waals surface area contributed by atoms with Crippen molar-refractivity contribution in [2.45, 2.75) is 62.5 Å². The van der Waals surface area contributed by atoms with Gasteiger partial charge in [-0.2, -0.15) is 0 Å². The molecule has 0 bridgehead atoms. The van der Waals surface area contributed by atoms with Crippen LogP contribution in [0, 0.1) is 23.7 Å². The Morgan fingerprint density at radius 2 is 1.49 bits per heavy atom. The number of morpholine rings is 1. The first-order valence-corrected chi connectivity index (χ1v) is 23.5. The van der Waals surface area contributed by atoms with Gasteiger partial charge in [0.05, 0.1) is 51.6 Å². The number of urea groups is 2. The Labute approximate surface area is 416 Å². The van der Waals surface area contributed by atoms with Gasteiger partial charge >= 0.3 is 24.0 Å². The van der Waals surface area contributed by atoms with E-state index >= 15 is 19.2 Å². The maximum Gasteiger partial charge on any atom is 0.329 e. The molecule has 5 N–H and O–H groups in total. The number of nitrogens with two attached hydrogens (primary N) is 1. The minimum absolute atomic E-state index is 0.0559. The Balaban J connectivity index is 1.35. The van der Waals surface area contributed by atoms with Crippen LogP contribution in [0.15, 0.2) is 115 Å². The van der Waals surface area contributed by atoms with Crippen molar-refractivity contribution in [1.29, 1.82) is 0 Å². The summed E-state index contributed by atoms with van der Waals surface area (Å²) in [5, 5.41) is 16.0. The lowest BCUT2D eigenvalue weighted by molar-refractivity contribution is -0.179. The second-order valence-electron chi connectivity index (χ2n) is 18.4. The molecule has 4 aliphatic rings. The van der Waals surface area contributed by atoms with Crippen LogP contribution in [0.2, 0.25) is 0 Å². The van der Waals surface area contributed by atoms with Crippen molar-refractivity contribution in [2.75, 3.05) is 39.3 Å². The highest BCUT2D eigenvalue weighted by atomic mass is 16.6. The van der Waals surface area contributed by atoms with Crippen LogP contribution < -0.4 is 30.7 Å². The molecule has 0 radical (unpaired) electrons. The number of carbonyl (C=O) groups excluding carboxylic acids is 6. The Morgan fingerprint density at radius 1 is 0.833 bits per heavy atom. The molecule has 7 unspecified atom stereocenters. The molecule has 17 heteroatoms. The van der Waals surface area contributed by atoms with Crippen LogP contribution in [-0.4, -0.2) is 97.2 Å². The molecule has 2 saturated heterocycles. The van der Waals surface area contributed by atoms with Gasteiger partial charge < -0.3 is 45.3 Å². The number of benzene rings is 5. The Morgan fingerprint density at radius 3 is 2.11 bits per heavy atom. The van der Waals surface area contributed by atoms with Crippen molar-refractivity contribution >= 4 is 41.5 Å². The van der Waals surface area contributed by atoms with Crippen molar-refractivity contribution < 1.29 is 52.8 Å². The molecule has 72 heavy (non-hydrogen) atoms. The van der Waals surface area contributed by atoms with E-state index < -0.39 is 83.3 Å². The number of fused-ring (bicyclic) bond motifs is 4. The molecule has 7 atom stereocenters. The number of cyclic esters (lactones) is 1. The Hall–Kier alpha value is -8.36. The van der Waals surface area contributed by atoms with Crippen molar-refractivity contribution in [3.63, 3.8) is 0 Å². The zero-order valence-corrected chi connectivity index (χ0v) is 40.3. The maximum absolute atomic E-state index is 16.7. The lowest BCUT2D eigenvalue weighted by atomic mass is 9.64. The predicted octanol–water partition coefficient (Wildman–Crippen LogP) is 5.59. The number of imide groups is 1. The largest absolute Gasteiger partial charge is 0.508 e. The van der Waals surface area contributed by atoms with Crippen LogP contribution in [0.3, 0.4) is 0 Å². The number of carbonyl (C=O) groups is 6. The second kappa shape index (κ2) is 19.8. The predicted molar refractivity (Wildman–Crippen MR) is 262 cm³/mol. The van der Waals surface area contributed by atoms with Crippen LogP contribution in [0.4, 0.5) is 15.3 Å². The number of primary amides is 1. The number of hydrogen-bond donors (Lipinski definition) is 4. The monoisotopic (exact) mass is 974 g/mol. The zero-order valence-electron chi connectivity index (χ0n) is 40.3. The van der Waals surface area contributed by atoms with Gasteiger partial charge in [0, 0.05) is 18.7 Å². The summed E-state index contributed by atoms with van der Waals surface area (Å²) in [7, 11) is 4.25. The highest BCUT2D eigenvalue weighted by molar-refractivity contribution is 6.25. The van der Waals surface area contributed by atoms with E-state index in [1.807, 2.05) is 71.6 Å². The van der Waals surface area contributed by atoms with Gasteiger partial charge in [0.25, 0.3) is 0 Å². The Bertz CT molecular complexity index is 3010. The summed E-state index contributed by atoms with van der Waals surface area (Å²) in [5.41, 5.74) is 7.20. The summed E-state index contributed by atoms with van der Waals surface area (Å²) < 4.78 is 23.0. The van der Waals surface area contributed by atoms with Crippen LogP contribution in [0.5, 0.6) is 17.2 Å². The fourth-order valence-corrected chi connectivity index (χ4v) is 11.0. The van der Waals surface area contributed by atoms with Gasteiger partial charge in [0.15, 0.2) is 11.5 Å². The van der Waals surface area contributed by atoms with Crippen LogP contribution >= 0.6 is 0 Å². The topological polar surface area (TPSA) is 219 Å². The van der Waals surface area contributed by atoms with Gasteiger partial charge in [-0.3, -0.25) is 19.3 Å². The average molecular weight is 975 g/mol. The molecular formula is C55H54N6O11. The number of methoxy groups -OCH3 is 3. The van der Waals surface area contributed by atoms with Crippen LogP contribution in [0.1, 0.15) is 71.0 Å². The number of rotatable bonds is 10. The quantitative estimate of drug-likeness (QED) is 0.0995. The zero-order chi connectivity index (χ0) is 51.0. The van der Waals surface area contributed by atoms with E-state index in [-0.39, 0.29) is 36.6 Å². The number of anilines is 1. The van der Waals surface area contributed by atoms with Gasteiger partial charge in [-0.1, -0.05) is 98.5 Å². The molecule has 4 heterocycles. The van der Waals surface area contributed by atoms with E-state index in [2.05, 4.69) is 22.5 Å². The Kier molecular flexibility index (Phi) is 13.4. The molecule has 6 amide bonds.